The average Bonchev–Trinajstić information content (AvgIpc) is 3.17. The Morgan fingerprint density at radius 3 is 2.18 bits per heavy atom. The minimum Gasteiger partial charge on any atom is -0.495 e. The second-order valence-corrected chi connectivity index (χ2v) is 9.38. The molecule has 180 valence electrons. The summed E-state index contributed by atoms with van der Waals surface area (Å²) in [5, 5.41) is 0.675. The van der Waals surface area contributed by atoms with Crippen molar-refractivity contribution in [1.82, 2.24) is 9.88 Å². The lowest BCUT2D eigenvalue weighted by Gasteiger charge is -2.22. The van der Waals surface area contributed by atoms with E-state index in [4.69, 9.17) is 14.5 Å². The fourth-order valence-electron chi connectivity index (χ4n) is 4.00. The molecule has 0 aliphatic carbocycles. The van der Waals surface area contributed by atoms with Gasteiger partial charge in [0.25, 0.3) is 0 Å². The van der Waals surface area contributed by atoms with Gasteiger partial charge in [-0.15, -0.1) is 12.4 Å². The van der Waals surface area contributed by atoms with Gasteiger partial charge in [-0.05, 0) is 76.7 Å². The number of fused-ring (bicyclic) bond motifs is 1. The maximum absolute atomic E-state index is 13.6. The van der Waals surface area contributed by atoms with Crippen LogP contribution in [0.2, 0.25) is 0 Å². The van der Waals surface area contributed by atoms with Gasteiger partial charge in [0.1, 0.15) is 21.7 Å². The van der Waals surface area contributed by atoms with Gasteiger partial charge in [-0.2, -0.15) is 0 Å². The molecule has 1 amide bonds. The van der Waals surface area contributed by atoms with E-state index >= 15 is 0 Å². The third-order valence-electron chi connectivity index (χ3n) is 5.59. The first-order valence-corrected chi connectivity index (χ1v) is 11.6. The van der Waals surface area contributed by atoms with Crippen LogP contribution in [-0.4, -0.2) is 57.2 Å². The fourth-order valence-corrected chi connectivity index (χ4v) is 5.11. The van der Waals surface area contributed by atoms with E-state index in [0.717, 1.165) is 45.6 Å². The Morgan fingerprint density at radius 2 is 1.61 bits per heavy atom. The predicted molar refractivity (Wildman–Crippen MR) is 140 cm³/mol. The largest absolute Gasteiger partial charge is 0.495 e. The number of aromatic nitrogens is 1. The van der Waals surface area contributed by atoms with Crippen LogP contribution in [0, 0.1) is 20.8 Å². The number of thiazole rings is 1. The van der Waals surface area contributed by atoms with Gasteiger partial charge in [-0.3, -0.25) is 9.69 Å². The maximum atomic E-state index is 13.6. The topological polar surface area (TPSA) is 54.9 Å². The highest BCUT2D eigenvalue weighted by atomic mass is 35.5. The number of amides is 1. The Bertz CT molecular complexity index is 1050. The first-order valence-electron chi connectivity index (χ1n) is 10.8. The number of hydrogen-bond donors (Lipinski definition) is 0. The summed E-state index contributed by atoms with van der Waals surface area (Å²) in [5.41, 5.74) is 5.33. The van der Waals surface area contributed by atoms with E-state index in [1.807, 2.05) is 31.1 Å². The van der Waals surface area contributed by atoms with E-state index in [-0.39, 0.29) is 18.3 Å². The van der Waals surface area contributed by atoms with Gasteiger partial charge in [0.2, 0.25) is 5.91 Å². The first-order chi connectivity index (χ1) is 15.2. The van der Waals surface area contributed by atoms with Crippen molar-refractivity contribution in [3.8, 4) is 11.5 Å². The standard InChI is InChI=1S/C25H33N3O3S.ClH/c1-16-13-17(2)19(18(3)14-16)15-22(29)28(12-8-11-27(4)5)25-26-23-20(30-6)9-10-21(31-7)24(23)32-25;/h9-10,13-14H,8,11-12,15H2,1-7H3;1H. The van der Waals surface area contributed by atoms with E-state index in [2.05, 4.69) is 37.8 Å². The number of halogens is 1. The van der Waals surface area contributed by atoms with Gasteiger partial charge in [-0.1, -0.05) is 29.0 Å². The molecule has 0 fully saturated rings. The summed E-state index contributed by atoms with van der Waals surface area (Å²) in [6, 6.07) is 8.00. The van der Waals surface area contributed by atoms with Crippen molar-refractivity contribution in [1.29, 1.82) is 0 Å². The Morgan fingerprint density at radius 1 is 1.00 bits per heavy atom. The average molecular weight is 492 g/mol. The zero-order valence-electron chi connectivity index (χ0n) is 20.5. The molecule has 0 spiro atoms. The number of rotatable bonds is 9. The Kier molecular flexibility index (Phi) is 9.52. The lowest BCUT2D eigenvalue weighted by molar-refractivity contribution is -0.118. The molecule has 0 saturated heterocycles. The monoisotopic (exact) mass is 491 g/mol. The van der Waals surface area contributed by atoms with Crippen molar-refractivity contribution in [2.45, 2.75) is 33.6 Å². The minimum absolute atomic E-state index is 0. The second kappa shape index (κ2) is 11.7. The van der Waals surface area contributed by atoms with Crippen LogP contribution < -0.4 is 14.4 Å². The molecule has 1 heterocycles. The first kappa shape index (κ1) is 26.9. The van der Waals surface area contributed by atoms with E-state index < -0.39 is 0 Å². The van der Waals surface area contributed by atoms with Crippen molar-refractivity contribution in [2.24, 2.45) is 0 Å². The number of benzene rings is 2. The quantitative estimate of drug-likeness (QED) is 0.412. The molecular weight excluding hydrogens is 458 g/mol. The van der Waals surface area contributed by atoms with Crippen molar-refractivity contribution in [3.63, 3.8) is 0 Å². The van der Waals surface area contributed by atoms with Crippen LogP contribution in [0.15, 0.2) is 24.3 Å². The highest BCUT2D eigenvalue weighted by Gasteiger charge is 2.23. The van der Waals surface area contributed by atoms with Gasteiger partial charge < -0.3 is 14.4 Å². The van der Waals surface area contributed by atoms with Crippen LogP contribution in [0.25, 0.3) is 10.2 Å². The lowest BCUT2D eigenvalue weighted by Crippen LogP contribution is -2.34. The Hall–Kier alpha value is -2.35. The van der Waals surface area contributed by atoms with Gasteiger partial charge in [0.05, 0.1) is 20.6 Å². The van der Waals surface area contributed by atoms with Crippen LogP contribution in [0.5, 0.6) is 11.5 Å². The molecule has 0 unspecified atom stereocenters. The molecule has 1 aromatic heterocycles. The summed E-state index contributed by atoms with van der Waals surface area (Å²) in [7, 11) is 7.35. The van der Waals surface area contributed by atoms with Crippen LogP contribution in [-0.2, 0) is 11.2 Å². The van der Waals surface area contributed by atoms with Crippen molar-refractivity contribution < 1.29 is 14.3 Å². The number of ether oxygens (including phenoxy) is 2. The number of carbonyl (C=O) groups is 1. The number of hydrogen-bond acceptors (Lipinski definition) is 6. The normalized spacial score (nSPS) is 10.9. The number of carbonyl (C=O) groups excluding carboxylic acids is 1. The Balaban J connectivity index is 0.00000385. The highest BCUT2D eigenvalue weighted by Crippen LogP contribution is 2.40. The van der Waals surface area contributed by atoms with Crippen LogP contribution in [0.3, 0.4) is 0 Å². The zero-order chi connectivity index (χ0) is 23.4. The molecule has 0 N–H and O–H groups in total. The van der Waals surface area contributed by atoms with Gasteiger partial charge in [0, 0.05) is 6.54 Å². The molecule has 0 atom stereocenters. The van der Waals surface area contributed by atoms with E-state index in [1.165, 1.54) is 16.9 Å². The van der Waals surface area contributed by atoms with Crippen molar-refractivity contribution in [2.75, 3.05) is 46.3 Å². The molecule has 6 nitrogen and oxygen atoms in total. The maximum Gasteiger partial charge on any atom is 0.233 e. The van der Waals surface area contributed by atoms with Gasteiger partial charge in [0.15, 0.2) is 5.13 Å². The van der Waals surface area contributed by atoms with Crippen molar-refractivity contribution in [3.05, 3.63) is 46.5 Å². The molecule has 0 aliphatic heterocycles. The van der Waals surface area contributed by atoms with Crippen molar-refractivity contribution >= 4 is 45.0 Å². The molecule has 3 aromatic rings. The van der Waals surface area contributed by atoms with E-state index in [9.17, 15) is 4.79 Å². The summed E-state index contributed by atoms with van der Waals surface area (Å²) < 4.78 is 11.9. The second-order valence-electron chi connectivity index (χ2n) is 8.40. The molecule has 3 rings (SSSR count). The summed E-state index contributed by atoms with van der Waals surface area (Å²) in [6.07, 6.45) is 1.21. The molecule has 0 bridgehead atoms. The highest BCUT2D eigenvalue weighted by molar-refractivity contribution is 7.22. The van der Waals surface area contributed by atoms with Crippen LogP contribution in [0.4, 0.5) is 5.13 Å². The van der Waals surface area contributed by atoms with Crippen LogP contribution >= 0.6 is 23.7 Å². The smallest absolute Gasteiger partial charge is 0.233 e. The molecule has 2 aromatic carbocycles. The number of methoxy groups -OCH3 is 2. The lowest BCUT2D eigenvalue weighted by atomic mass is 9.97. The molecule has 33 heavy (non-hydrogen) atoms. The SMILES string of the molecule is COc1ccc(OC)c2sc(N(CCCN(C)C)C(=O)Cc3c(C)cc(C)cc3C)nc12.Cl. The minimum atomic E-state index is 0. The third-order valence-corrected chi connectivity index (χ3v) is 6.68. The Labute approximate surface area is 206 Å². The molecule has 0 radical (unpaired) electrons. The van der Waals surface area contributed by atoms with E-state index in [1.54, 1.807) is 14.2 Å². The number of nitrogens with zero attached hydrogens (tertiary/aromatic N) is 3. The fraction of sp³-hybridized carbons (Fsp3) is 0.440. The molecule has 0 aliphatic rings. The predicted octanol–water partition coefficient (Wildman–Crippen LogP) is 5.19. The summed E-state index contributed by atoms with van der Waals surface area (Å²) in [4.78, 5) is 22.3. The summed E-state index contributed by atoms with van der Waals surface area (Å²) in [6.45, 7) is 7.73. The van der Waals surface area contributed by atoms with Gasteiger partial charge >= 0.3 is 0 Å². The van der Waals surface area contributed by atoms with Gasteiger partial charge in [-0.25, -0.2) is 4.98 Å². The zero-order valence-corrected chi connectivity index (χ0v) is 22.2. The molecular formula is C25H34ClN3O3S. The summed E-state index contributed by atoms with van der Waals surface area (Å²) in [5.74, 6) is 1.46. The molecule has 8 heteroatoms. The van der Waals surface area contributed by atoms with E-state index in [0.29, 0.717) is 23.8 Å². The number of anilines is 1. The molecule has 0 saturated carbocycles. The summed E-state index contributed by atoms with van der Waals surface area (Å²) >= 11 is 1.47. The number of aryl methyl sites for hydroxylation is 3. The van der Waals surface area contributed by atoms with Crippen LogP contribution in [0.1, 0.15) is 28.7 Å². The third kappa shape index (κ3) is 6.16.